The zero-order valence-electron chi connectivity index (χ0n) is 17.7. The third kappa shape index (κ3) is 6.09. The Bertz CT molecular complexity index is 1260. The number of thiazole rings is 1. The Balaban J connectivity index is 1.32. The lowest BCUT2D eigenvalue weighted by atomic mass is 10.1. The van der Waals surface area contributed by atoms with Gasteiger partial charge in [-0.2, -0.15) is 0 Å². The van der Waals surface area contributed by atoms with E-state index in [0.717, 1.165) is 16.9 Å². The quantitative estimate of drug-likeness (QED) is 0.313. The van der Waals surface area contributed by atoms with Crippen LogP contribution in [0.4, 0.5) is 5.13 Å². The highest BCUT2D eigenvalue weighted by Gasteiger charge is 2.32. The number of hydrogen-bond acceptors (Lipinski definition) is 6. The molecule has 1 aromatic heterocycles. The summed E-state index contributed by atoms with van der Waals surface area (Å²) in [4.78, 5) is 32.5. The van der Waals surface area contributed by atoms with Gasteiger partial charge in [-0.25, -0.2) is 4.98 Å². The molecule has 0 unspecified atom stereocenters. The van der Waals surface area contributed by atoms with Crippen LogP contribution >= 0.6 is 46.9 Å². The second-order valence-electron chi connectivity index (χ2n) is 7.45. The molecule has 5 nitrogen and oxygen atoms in total. The average molecular weight is 514 g/mol. The van der Waals surface area contributed by atoms with E-state index >= 15 is 0 Å². The van der Waals surface area contributed by atoms with Gasteiger partial charge < -0.3 is 5.32 Å². The molecular weight excluding hydrogens is 494 g/mol. The summed E-state index contributed by atoms with van der Waals surface area (Å²) >= 11 is 14.2. The number of hydrogen-bond donors (Lipinski definition) is 1. The summed E-state index contributed by atoms with van der Waals surface area (Å²) < 4.78 is 0.431. The minimum atomic E-state index is -0.215. The fraction of sp³-hybridized carbons (Fsp3) is 0.167. The molecule has 3 aromatic rings. The Kier molecular flexibility index (Phi) is 7.60. The molecule has 0 saturated carbocycles. The van der Waals surface area contributed by atoms with Crippen LogP contribution in [0.25, 0.3) is 6.08 Å². The number of carbonyl (C=O) groups excluding carboxylic acids is 2. The maximum atomic E-state index is 12.8. The van der Waals surface area contributed by atoms with E-state index in [1.54, 1.807) is 18.3 Å². The highest BCUT2D eigenvalue weighted by molar-refractivity contribution is 8.26. The first-order valence-corrected chi connectivity index (χ1v) is 12.6. The van der Waals surface area contributed by atoms with Crippen LogP contribution in [0.15, 0.2) is 59.6 Å². The lowest BCUT2D eigenvalue weighted by molar-refractivity contribution is -0.122. The van der Waals surface area contributed by atoms with E-state index in [9.17, 15) is 9.59 Å². The molecule has 0 bridgehead atoms. The summed E-state index contributed by atoms with van der Waals surface area (Å²) in [6, 6.07) is 15.6. The van der Waals surface area contributed by atoms with Crippen LogP contribution < -0.4 is 5.32 Å². The van der Waals surface area contributed by atoms with Crippen molar-refractivity contribution in [3.63, 3.8) is 0 Å². The second kappa shape index (κ2) is 10.6. The van der Waals surface area contributed by atoms with E-state index in [4.69, 9.17) is 23.8 Å². The normalized spacial score (nSPS) is 14.8. The molecule has 2 amide bonds. The number of thiocarbonyl (C=S) groups is 1. The summed E-state index contributed by atoms with van der Waals surface area (Å²) in [6.45, 7) is 2.27. The van der Waals surface area contributed by atoms with Gasteiger partial charge in [0.25, 0.3) is 5.91 Å². The summed E-state index contributed by atoms with van der Waals surface area (Å²) in [6.07, 6.45) is 4.40. The predicted molar refractivity (Wildman–Crippen MR) is 141 cm³/mol. The van der Waals surface area contributed by atoms with Gasteiger partial charge in [-0.1, -0.05) is 83.6 Å². The van der Waals surface area contributed by atoms with Crippen molar-refractivity contribution in [2.75, 3.05) is 11.9 Å². The Morgan fingerprint density at radius 3 is 2.85 bits per heavy atom. The number of aromatic nitrogens is 1. The highest BCUT2D eigenvalue weighted by Crippen LogP contribution is 2.33. The first kappa shape index (κ1) is 23.6. The van der Waals surface area contributed by atoms with Crippen molar-refractivity contribution in [2.24, 2.45) is 0 Å². The topological polar surface area (TPSA) is 62.3 Å². The van der Waals surface area contributed by atoms with Crippen molar-refractivity contribution in [2.45, 2.75) is 19.8 Å². The Labute approximate surface area is 210 Å². The first-order valence-electron chi connectivity index (χ1n) is 10.2. The van der Waals surface area contributed by atoms with Gasteiger partial charge in [-0.3, -0.25) is 14.5 Å². The number of carbonyl (C=O) groups is 2. The van der Waals surface area contributed by atoms with Gasteiger partial charge >= 0.3 is 0 Å². The second-order valence-corrected chi connectivity index (χ2v) is 10.6. The number of anilines is 1. The Morgan fingerprint density at radius 1 is 1.24 bits per heavy atom. The maximum absolute atomic E-state index is 12.8. The minimum absolute atomic E-state index is 0.124. The molecule has 1 N–H and O–H groups in total. The molecule has 1 aliphatic rings. The van der Waals surface area contributed by atoms with Crippen LogP contribution in [0.3, 0.4) is 0 Å². The van der Waals surface area contributed by atoms with Gasteiger partial charge in [-0.15, -0.1) is 11.3 Å². The summed E-state index contributed by atoms with van der Waals surface area (Å²) in [7, 11) is 0. The molecule has 9 heteroatoms. The summed E-state index contributed by atoms with van der Waals surface area (Å²) in [5.41, 5.74) is 3.17. The van der Waals surface area contributed by atoms with Gasteiger partial charge in [0.15, 0.2) is 5.13 Å². The van der Waals surface area contributed by atoms with Crippen molar-refractivity contribution in [1.82, 2.24) is 9.88 Å². The van der Waals surface area contributed by atoms with E-state index in [1.807, 2.05) is 24.3 Å². The van der Waals surface area contributed by atoms with Crippen LogP contribution in [-0.2, 0) is 16.0 Å². The number of nitrogens with one attached hydrogen (secondary N) is 1. The maximum Gasteiger partial charge on any atom is 0.266 e. The van der Waals surface area contributed by atoms with Crippen LogP contribution in [0.1, 0.15) is 28.0 Å². The van der Waals surface area contributed by atoms with Gasteiger partial charge in [0, 0.05) is 35.5 Å². The van der Waals surface area contributed by atoms with Crippen molar-refractivity contribution < 1.29 is 9.59 Å². The highest BCUT2D eigenvalue weighted by atomic mass is 35.5. The van der Waals surface area contributed by atoms with Crippen molar-refractivity contribution in [1.29, 1.82) is 0 Å². The molecule has 4 rings (SSSR count). The number of benzene rings is 2. The first-order chi connectivity index (χ1) is 15.9. The van der Waals surface area contributed by atoms with E-state index < -0.39 is 0 Å². The summed E-state index contributed by atoms with van der Waals surface area (Å²) in [5, 5.41) is 3.93. The molecule has 168 valence electrons. The van der Waals surface area contributed by atoms with Crippen LogP contribution in [0.2, 0.25) is 5.02 Å². The average Bonchev–Trinajstić information content (AvgIpc) is 3.31. The van der Waals surface area contributed by atoms with Gasteiger partial charge in [0.1, 0.15) is 4.32 Å². The van der Waals surface area contributed by atoms with E-state index in [1.165, 1.54) is 39.1 Å². The van der Waals surface area contributed by atoms with Gasteiger partial charge in [0.05, 0.1) is 4.91 Å². The Hall–Kier alpha value is -2.52. The van der Waals surface area contributed by atoms with Crippen molar-refractivity contribution in [3.05, 3.63) is 86.2 Å². The fourth-order valence-corrected chi connectivity index (χ4v) is 5.64. The predicted octanol–water partition coefficient (Wildman–Crippen LogP) is 5.93. The number of halogens is 1. The number of rotatable bonds is 7. The molecule has 1 saturated heterocycles. The molecule has 1 aliphatic heterocycles. The van der Waals surface area contributed by atoms with E-state index in [2.05, 4.69) is 35.4 Å². The van der Waals surface area contributed by atoms with Gasteiger partial charge in [-0.05, 0) is 30.2 Å². The molecule has 2 heterocycles. The van der Waals surface area contributed by atoms with Crippen LogP contribution in [0.5, 0.6) is 0 Å². The third-order valence-electron chi connectivity index (χ3n) is 4.89. The smallest absolute Gasteiger partial charge is 0.266 e. The zero-order valence-corrected chi connectivity index (χ0v) is 20.9. The molecule has 0 atom stereocenters. The molecule has 0 spiro atoms. The monoisotopic (exact) mass is 513 g/mol. The Morgan fingerprint density at radius 2 is 2.06 bits per heavy atom. The number of amides is 2. The number of nitrogens with zero attached hydrogens (tertiary/aromatic N) is 2. The molecular formula is C24H20ClN3O2S3. The number of thioether (sulfide) groups is 1. The molecule has 33 heavy (non-hydrogen) atoms. The molecule has 0 aliphatic carbocycles. The van der Waals surface area contributed by atoms with E-state index in [-0.39, 0.29) is 24.8 Å². The van der Waals surface area contributed by atoms with Crippen molar-refractivity contribution in [3.8, 4) is 0 Å². The zero-order chi connectivity index (χ0) is 23.4. The third-order valence-corrected chi connectivity index (χ3v) is 7.52. The number of aryl methyl sites for hydroxylation is 1. The molecule has 2 aromatic carbocycles. The minimum Gasteiger partial charge on any atom is -0.302 e. The lowest BCUT2D eigenvalue weighted by Crippen LogP contribution is -2.31. The van der Waals surface area contributed by atoms with Crippen LogP contribution in [0, 0.1) is 6.92 Å². The van der Waals surface area contributed by atoms with Gasteiger partial charge in [0.2, 0.25) is 5.91 Å². The van der Waals surface area contributed by atoms with Crippen LogP contribution in [-0.4, -0.2) is 32.6 Å². The summed E-state index contributed by atoms with van der Waals surface area (Å²) in [5.74, 6) is -0.428. The lowest BCUT2D eigenvalue weighted by Gasteiger charge is -2.13. The molecule has 1 fully saturated rings. The fourth-order valence-electron chi connectivity index (χ4n) is 3.29. The molecule has 0 radical (unpaired) electrons. The largest absolute Gasteiger partial charge is 0.302 e. The standard InChI is InChI=1S/C24H20ClN3O2S3/c1-15-5-4-6-16(11-15)12-18-14-26-23(32-18)27-21(29)9-10-28-22(30)20(33-24(28)31)13-17-7-2-3-8-19(17)25/h2-8,11,13-14H,9-10,12H2,1H3,(H,26,27,29)/b20-13-. The SMILES string of the molecule is Cc1cccc(Cc2cnc(NC(=O)CCN3C(=O)/C(=C/c4ccccc4Cl)SC3=S)s2)c1. The van der Waals surface area contributed by atoms with E-state index in [0.29, 0.717) is 19.4 Å². The van der Waals surface area contributed by atoms with Crippen molar-refractivity contribution >= 4 is 74.3 Å².